The van der Waals surface area contributed by atoms with E-state index < -0.39 is 10.2 Å². The van der Waals surface area contributed by atoms with Crippen molar-refractivity contribution in [2.24, 2.45) is 0 Å². The predicted octanol–water partition coefficient (Wildman–Crippen LogP) is 3.81. The number of halogens is 2. The molecule has 0 aliphatic carbocycles. The van der Waals surface area contributed by atoms with Crippen LogP contribution in [0, 0.1) is 0 Å². The Morgan fingerprint density at radius 2 is 1.43 bits per heavy atom. The number of anilines is 3. The Labute approximate surface area is 192 Å². The van der Waals surface area contributed by atoms with Gasteiger partial charge in [-0.1, -0.05) is 30.3 Å². The van der Waals surface area contributed by atoms with Crippen LogP contribution in [0.1, 0.15) is 20.3 Å². The van der Waals surface area contributed by atoms with Crippen LogP contribution in [0.25, 0.3) is 0 Å². The Kier molecular flexibility index (Phi) is 8.42. The molecule has 0 amide bonds. The second-order valence-corrected chi connectivity index (χ2v) is 9.45. The van der Waals surface area contributed by atoms with E-state index in [0.717, 1.165) is 37.4 Å². The van der Waals surface area contributed by atoms with Gasteiger partial charge in [0, 0.05) is 31.7 Å². The van der Waals surface area contributed by atoms with Crippen LogP contribution in [0.2, 0.25) is 0 Å². The SMILES string of the molecule is C[C@@H]1CN(CCCN2c3ccccc3N(c3ccccc3)S2(=O)=O)C[C@H](C)N1.Cl.Cl. The molecule has 0 unspecified atom stereocenters. The van der Waals surface area contributed by atoms with Gasteiger partial charge >= 0.3 is 10.2 Å². The molecule has 6 nitrogen and oxygen atoms in total. The van der Waals surface area contributed by atoms with Gasteiger partial charge in [-0.25, -0.2) is 4.31 Å². The number of rotatable bonds is 5. The quantitative estimate of drug-likeness (QED) is 0.718. The lowest BCUT2D eigenvalue weighted by Crippen LogP contribution is -2.54. The maximum Gasteiger partial charge on any atom is 0.330 e. The summed E-state index contributed by atoms with van der Waals surface area (Å²) in [5.41, 5.74) is 2.15. The molecule has 2 aromatic rings. The summed E-state index contributed by atoms with van der Waals surface area (Å²) in [6, 6.07) is 17.8. The van der Waals surface area contributed by atoms with E-state index in [9.17, 15) is 8.42 Å². The number of hydrogen-bond donors (Lipinski definition) is 1. The van der Waals surface area contributed by atoms with Gasteiger partial charge in [-0.15, -0.1) is 24.8 Å². The molecule has 1 N–H and O–H groups in total. The molecule has 4 rings (SSSR count). The molecular formula is C21H30Cl2N4O2S. The molecule has 0 bridgehead atoms. The van der Waals surface area contributed by atoms with Crippen LogP contribution in [0.5, 0.6) is 0 Å². The van der Waals surface area contributed by atoms with E-state index in [4.69, 9.17) is 0 Å². The summed E-state index contributed by atoms with van der Waals surface area (Å²) in [6.07, 6.45) is 0.801. The molecule has 1 fully saturated rings. The molecule has 30 heavy (non-hydrogen) atoms. The van der Waals surface area contributed by atoms with Gasteiger partial charge in [-0.3, -0.25) is 4.31 Å². The van der Waals surface area contributed by atoms with Crippen LogP contribution in [0.4, 0.5) is 17.1 Å². The number of hydrogen-bond acceptors (Lipinski definition) is 4. The Bertz CT molecular complexity index is 920. The van der Waals surface area contributed by atoms with E-state index in [2.05, 4.69) is 24.1 Å². The first-order chi connectivity index (χ1) is 13.5. The van der Waals surface area contributed by atoms with Crippen LogP contribution < -0.4 is 13.9 Å². The van der Waals surface area contributed by atoms with Crippen molar-refractivity contribution in [1.29, 1.82) is 0 Å². The second-order valence-electron chi connectivity index (χ2n) is 7.75. The van der Waals surface area contributed by atoms with Crippen LogP contribution in [-0.4, -0.2) is 51.6 Å². The third-order valence-electron chi connectivity index (χ3n) is 5.34. The van der Waals surface area contributed by atoms with E-state index >= 15 is 0 Å². The van der Waals surface area contributed by atoms with Gasteiger partial charge < -0.3 is 10.2 Å². The summed E-state index contributed by atoms with van der Waals surface area (Å²) >= 11 is 0. The van der Waals surface area contributed by atoms with Crippen molar-refractivity contribution < 1.29 is 8.42 Å². The lowest BCUT2D eigenvalue weighted by molar-refractivity contribution is 0.173. The third kappa shape index (κ3) is 4.86. The van der Waals surface area contributed by atoms with E-state index in [1.807, 2.05) is 54.6 Å². The van der Waals surface area contributed by atoms with Crippen LogP contribution in [-0.2, 0) is 10.2 Å². The molecule has 9 heteroatoms. The van der Waals surface area contributed by atoms with Gasteiger partial charge in [0.1, 0.15) is 0 Å². The molecule has 2 aliphatic heterocycles. The Balaban J connectivity index is 0.00000160. The maximum atomic E-state index is 13.4. The minimum atomic E-state index is -3.63. The highest BCUT2D eigenvalue weighted by Gasteiger charge is 2.40. The number of benzene rings is 2. The lowest BCUT2D eigenvalue weighted by atomic mass is 10.1. The molecule has 2 atom stereocenters. The van der Waals surface area contributed by atoms with Crippen molar-refractivity contribution in [3.63, 3.8) is 0 Å². The summed E-state index contributed by atoms with van der Waals surface area (Å²) in [5, 5.41) is 3.54. The van der Waals surface area contributed by atoms with Crippen molar-refractivity contribution in [2.75, 3.05) is 34.8 Å². The second kappa shape index (κ2) is 10.2. The van der Waals surface area contributed by atoms with Gasteiger partial charge in [-0.05, 0) is 51.1 Å². The number of nitrogens with zero attached hydrogens (tertiary/aromatic N) is 3. The van der Waals surface area contributed by atoms with E-state index in [1.165, 1.54) is 4.31 Å². The number of piperazine rings is 1. The molecular weight excluding hydrogens is 443 g/mol. The van der Waals surface area contributed by atoms with Gasteiger partial charge in [0.05, 0.1) is 17.1 Å². The molecule has 166 valence electrons. The highest BCUT2D eigenvalue weighted by molar-refractivity contribution is 7.95. The number of para-hydroxylation sites is 3. The standard InChI is InChI=1S/C21H28N4O2S.2ClH/c1-17-15-23(16-18(2)22-17)13-8-14-24-20-11-6-7-12-21(20)25(28(24,26)27)19-9-4-3-5-10-19;;/h3-7,9-12,17-18,22H,8,13-16H2,1-2H3;2*1H/t17-,18+;;. The summed E-state index contributed by atoms with van der Waals surface area (Å²) in [6.45, 7) is 7.78. The normalized spacial score (nSPS) is 22.7. The Hall–Kier alpha value is -1.51. The molecule has 0 spiro atoms. The zero-order valence-corrected chi connectivity index (χ0v) is 19.7. The first-order valence-corrected chi connectivity index (χ1v) is 11.3. The minimum Gasteiger partial charge on any atom is -0.309 e. The molecule has 2 heterocycles. The highest BCUT2D eigenvalue weighted by atomic mass is 35.5. The fraction of sp³-hybridized carbons (Fsp3) is 0.429. The van der Waals surface area contributed by atoms with Gasteiger partial charge in [-0.2, -0.15) is 8.42 Å². The first kappa shape index (κ1) is 24.8. The monoisotopic (exact) mass is 472 g/mol. The fourth-order valence-corrected chi connectivity index (χ4v) is 6.08. The van der Waals surface area contributed by atoms with Gasteiger partial charge in [0.15, 0.2) is 0 Å². The van der Waals surface area contributed by atoms with Crippen LogP contribution in [0.15, 0.2) is 54.6 Å². The summed E-state index contributed by atoms with van der Waals surface area (Å²) in [7, 11) is -3.63. The maximum absolute atomic E-state index is 13.4. The van der Waals surface area contributed by atoms with Crippen molar-refractivity contribution in [1.82, 2.24) is 10.2 Å². The van der Waals surface area contributed by atoms with Crippen LogP contribution >= 0.6 is 24.8 Å². The number of fused-ring (bicyclic) bond motifs is 1. The van der Waals surface area contributed by atoms with E-state index in [-0.39, 0.29) is 24.8 Å². The van der Waals surface area contributed by atoms with Gasteiger partial charge in [0.25, 0.3) is 0 Å². The molecule has 2 aliphatic rings. The molecule has 0 aromatic heterocycles. The molecule has 0 saturated carbocycles. The average Bonchev–Trinajstić information content (AvgIpc) is 2.88. The molecule has 0 radical (unpaired) electrons. The zero-order chi connectivity index (χ0) is 19.7. The van der Waals surface area contributed by atoms with Crippen molar-refractivity contribution in [2.45, 2.75) is 32.4 Å². The van der Waals surface area contributed by atoms with E-state index in [1.54, 1.807) is 4.31 Å². The Morgan fingerprint density at radius 3 is 2.07 bits per heavy atom. The fourth-order valence-electron chi connectivity index (χ4n) is 4.33. The van der Waals surface area contributed by atoms with Crippen LogP contribution in [0.3, 0.4) is 0 Å². The minimum absolute atomic E-state index is 0. The number of nitrogens with one attached hydrogen (secondary N) is 1. The largest absolute Gasteiger partial charge is 0.330 e. The average molecular weight is 473 g/mol. The lowest BCUT2D eigenvalue weighted by Gasteiger charge is -2.36. The Morgan fingerprint density at radius 1 is 0.867 bits per heavy atom. The zero-order valence-electron chi connectivity index (χ0n) is 17.3. The molecule has 2 aromatic carbocycles. The summed E-state index contributed by atoms with van der Waals surface area (Å²) in [5.74, 6) is 0. The van der Waals surface area contributed by atoms with Crippen molar-refractivity contribution in [3.05, 3.63) is 54.6 Å². The van der Waals surface area contributed by atoms with E-state index in [0.29, 0.717) is 24.3 Å². The third-order valence-corrected chi connectivity index (χ3v) is 7.14. The highest BCUT2D eigenvalue weighted by Crippen LogP contribution is 2.44. The smallest absolute Gasteiger partial charge is 0.309 e. The summed E-state index contributed by atoms with van der Waals surface area (Å²) < 4.78 is 29.7. The first-order valence-electron chi connectivity index (χ1n) is 9.92. The summed E-state index contributed by atoms with van der Waals surface area (Å²) in [4.78, 5) is 2.43. The topological polar surface area (TPSA) is 55.9 Å². The molecule has 1 saturated heterocycles. The van der Waals surface area contributed by atoms with Crippen molar-refractivity contribution in [3.8, 4) is 0 Å². The van der Waals surface area contributed by atoms with Gasteiger partial charge in [0.2, 0.25) is 0 Å². The van der Waals surface area contributed by atoms with Crippen molar-refractivity contribution >= 4 is 52.1 Å². The predicted molar refractivity (Wildman–Crippen MR) is 129 cm³/mol.